The second kappa shape index (κ2) is 5.99. The summed E-state index contributed by atoms with van der Waals surface area (Å²) in [4.78, 5) is 22.8. The van der Waals surface area contributed by atoms with Crippen LogP contribution in [0.4, 0.5) is 4.79 Å². The van der Waals surface area contributed by atoms with Crippen LogP contribution in [0.5, 0.6) is 0 Å². The van der Waals surface area contributed by atoms with Gasteiger partial charge in [0.05, 0.1) is 4.75 Å². The van der Waals surface area contributed by atoms with Crippen molar-refractivity contribution in [3.8, 4) is 0 Å². The zero-order chi connectivity index (χ0) is 16.4. The van der Waals surface area contributed by atoms with Crippen LogP contribution >= 0.6 is 0 Å². The van der Waals surface area contributed by atoms with E-state index in [-0.39, 0.29) is 6.54 Å². The highest BCUT2D eigenvalue weighted by atomic mass is 32.2. The highest BCUT2D eigenvalue weighted by molar-refractivity contribution is 7.92. The lowest BCUT2D eigenvalue weighted by molar-refractivity contribution is -0.141. The lowest BCUT2D eigenvalue weighted by Crippen LogP contribution is -2.54. The van der Waals surface area contributed by atoms with Gasteiger partial charge in [-0.3, -0.25) is 0 Å². The van der Waals surface area contributed by atoms with Crippen LogP contribution in [0.15, 0.2) is 0 Å². The largest absolute Gasteiger partial charge is 0.480 e. The average Bonchev–Trinajstić information content (AvgIpc) is 2.19. The Morgan fingerprint density at radius 3 is 1.90 bits per heavy atom. The Hall–Kier alpha value is -1.31. The molecule has 0 aliphatic carbocycles. The van der Waals surface area contributed by atoms with E-state index >= 15 is 0 Å². The smallest absolute Gasteiger partial charge is 0.326 e. The van der Waals surface area contributed by atoms with Crippen molar-refractivity contribution in [2.75, 3.05) is 12.8 Å². The van der Waals surface area contributed by atoms with Crippen molar-refractivity contribution < 1.29 is 23.1 Å². The van der Waals surface area contributed by atoms with E-state index in [4.69, 9.17) is 5.11 Å². The summed E-state index contributed by atoms with van der Waals surface area (Å²) in [5.41, 5.74) is -0.657. The fraction of sp³-hybridized carbons (Fsp3) is 0.833. The molecule has 0 aromatic carbocycles. The van der Waals surface area contributed by atoms with Gasteiger partial charge in [0.2, 0.25) is 0 Å². The summed E-state index contributed by atoms with van der Waals surface area (Å²) in [6.45, 7) is 7.93. The number of carboxylic acid groups (broad SMARTS) is 1. The van der Waals surface area contributed by atoms with Crippen LogP contribution in [0, 0.1) is 5.41 Å². The van der Waals surface area contributed by atoms with Crippen LogP contribution in [-0.2, 0) is 14.6 Å². The van der Waals surface area contributed by atoms with Crippen LogP contribution in [0.3, 0.4) is 0 Å². The number of rotatable bonds is 5. The maximum atomic E-state index is 11.7. The highest BCUT2D eigenvalue weighted by Crippen LogP contribution is 2.19. The second-order valence-electron chi connectivity index (χ2n) is 6.50. The Labute approximate surface area is 120 Å². The zero-order valence-electron chi connectivity index (χ0n) is 12.8. The molecule has 0 aromatic heterocycles. The van der Waals surface area contributed by atoms with Crippen LogP contribution in [-0.4, -0.2) is 49.1 Å². The zero-order valence-corrected chi connectivity index (χ0v) is 13.6. The molecule has 0 fully saturated rings. The monoisotopic (exact) mass is 308 g/mol. The summed E-state index contributed by atoms with van der Waals surface area (Å²) in [6, 6.07) is -1.77. The quantitative estimate of drug-likeness (QED) is 0.688. The summed E-state index contributed by atoms with van der Waals surface area (Å²) in [7, 11) is -3.33. The van der Waals surface area contributed by atoms with Crippen molar-refractivity contribution in [3.63, 3.8) is 0 Å². The molecule has 0 aromatic rings. The molecule has 0 radical (unpaired) electrons. The SMILES string of the molecule is CC(C)(C)C(NC(=O)NCC(C)(C)S(C)(=O)=O)C(=O)O. The molecule has 0 aliphatic heterocycles. The van der Waals surface area contributed by atoms with Gasteiger partial charge >= 0.3 is 12.0 Å². The van der Waals surface area contributed by atoms with Gasteiger partial charge in [-0.05, 0) is 19.3 Å². The number of sulfone groups is 1. The van der Waals surface area contributed by atoms with Crippen molar-refractivity contribution in [2.45, 2.75) is 45.4 Å². The van der Waals surface area contributed by atoms with Gasteiger partial charge in [-0.2, -0.15) is 0 Å². The molecule has 1 atom stereocenters. The molecule has 0 rings (SSSR count). The molecule has 118 valence electrons. The molecule has 1 unspecified atom stereocenters. The Balaban J connectivity index is 4.70. The van der Waals surface area contributed by atoms with E-state index < -0.39 is 38.0 Å². The number of hydrogen-bond acceptors (Lipinski definition) is 4. The minimum Gasteiger partial charge on any atom is -0.480 e. The molecule has 7 nitrogen and oxygen atoms in total. The predicted molar refractivity (Wildman–Crippen MR) is 76.3 cm³/mol. The van der Waals surface area contributed by atoms with E-state index in [0.29, 0.717) is 0 Å². The number of urea groups is 1. The highest BCUT2D eigenvalue weighted by Gasteiger charge is 2.34. The minimum absolute atomic E-state index is 0.103. The second-order valence-corrected chi connectivity index (χ2v) is 9.15. The third-order valence-electron chi connectivity index (χ3n) is 3.07. The molecule has 0 bridgehead atoms. The van der Waals surface area contributed by atoms with Gasteiger partial charge in [-0.15, -0.1) is 0 Å². The number of carboxylic acids is 1. The summed E-state index contributed by atoms with van der Waals surface area (Å²) in [5.74, 6) is -1.14. The summed E-state index contributed by atoms with van der Waals surface area (Å²) in [5, 5.41) is 13.8. The number of carbonyl (C=O) groups excluding carboxylic acids is 1. The Morgan fingerprint density at radius 2 is 1.60 bits per heavy atom. The number of aliphatic carboxylic acids is 1. The van der Waals surface area contributed by atoms with Gasteiger partial charge < -0.3 is 15.7 Å². The van der Waals surface area contributed by atoms with Gasteiger partial charge in [0.1, 0.15) is 6.04 Å². The number of amides is 2. The Kier molecular flexibility index (Phi) is 5.59. The van der Waals surface area contributed by atoms with E-state index in [0.717, 1.165) is 6.26 Å². The third kappa shape index (κ3) is 5.36. The lowest BCUT2D eigenvalue weighted by atomic mass is 9.87. The fourth-order valence-electron chi connectivity index (χ4n) is 1.26. The molecular weight excluding hydrogens is 284 g/mol. The summed E-state index contributed by atoms with van der Waals surface area (Å²) in [6.07, 6.45) is 1.09. The van der Waals surface area contributed by atoms with Crippen molar-refractivity contribution in [2.24, 2.45) is 5.41 Å². The molecule has 3 N–H and O–H groups in total. The molecule has 0 heterocycles. The molecule has 0 saturated carbocycles. The van der Waals surface area contributed by atoms with Crippen LogP contribution < -0.4 is 10.6 Å². The molecule has 0 spiro atoms. The molecule has 8 heteroatoms. The van der Waals surface area contributed by atoms with Crippen molar-refractivity contribution in [1.29, 1.82) is 0 Å². The normalized spacial score (nSPS) is 14.5. The lowest BCUT2D eigenvalue weighted by Gasteiger charge is -2.29. The number of carbonyl (C=O) groups is 2. The van der Waals surface area contributed by atoms with Gasteiger partial charge in [-0.25, -0.2) is 18.0 Å². The molecule has 0 saturated heterocycles. The van der Waals surface area contributed by atoms with Crippen molar-refractivity contribution in [3.05, 3.63) is 0 Å². The molecule has 2 amide bonds. The van der Waals surface area contributed by atoms with Gasteiger partial charge in [0.25, 0.3) is 0 Å². The number of hydrogen-bond donors (Lipinski definition) is 3. The van der Waals surface area contributed by atoms with E-state index in [2.05, 4.69) is 10.6 Å². The fourth-order valence-corrected chi connectivity index (χ4v) is 1.59. The first kappa shape index (κ1) is 18.7. The van der Waals surface area contributed by atoms with Gasteiger partial charge in [-0.1, -0.05) is 20.8 Å². The minimum atomic E-state index is -3.33. The maximum Gasteiger partial charge on any atom is 0.326 e. The average molecular weight is 308 g/mol. The van der Waals surface area contributed by atoms with Crippen molar-refractivity contribution >= 4 is 21.8 Å². The Bertz CT molecular complexity index is 477. The maximum absolute atomic E-state index is 11.7. The van der Waals surface area contributed by atoms with Gasteiger partial charge in [0.15, 0.2) is 9.84 Å². The Morgan fingerprint density at radius 1 is 1.15 bits per heavy atom. The standard InChI is InChI=1S/C12H24N2O5S/c1-11(2,3)8(9(15)16)14-10(17)13-7-12(4,5)20(6,18)19/h8H,7H2,1-6H3,(H,15,16)(H2,13,14,17). The topological polar surface area (TPSA) is 113 Å². The van der Waals surface area contributed by atoms with Crippen LogP contribution in [0.1, 0.15) is 34.6 Å². The molecule has 20 heavy (non-hydrogen) atoms. The predicted octanol–water partition coefficient (Wildman–Crippen LogP) is 0.608. The van der Waals surface area contributed by atoms with Crippen LogP contribution in [0.25, 0.3) is 0 Å². The summed E-state index contributed by atoms with van der Waals surface area (Å²) >= 11 is 0. The van der Waals surface area contributed by atoms with Gasteiger partial charge in [0, 0.05) is 12.8 Å². The first-order valence-electron chi connectivity index (χ1n) is 6.15. The molecular formula is C12H24N2O5S. The van der Waals surface area contributed by atoms with Crippen LogP contribution in [0.2, 0.25) is 0 Å². The first-order chi connectivity index (χ1) is 8.68. The van der Waals surface area contributed by atoms with E-state index in [1.54, 1.807) is 20.8 Å². The molecule has 0 aliphatic rings. The van der Waals surface area contributed by atoms with Crippen molar-refractivity contribution in [1.82, 2.24) is 10.6 Å². The third-order valence-corrected chi connectivity index (χ3v) is 5.22. The summed E-state index contributed by atoms with van der Waals surface area (Å²) < 4.78 is 21.9. The van der Waals surface area contributed by atoms with E-state index in [1.807, 2.05) is 0 Å². The number of nitrogens with one attached hydrogen (secondary N) is 2. The van der Waals surface area contributed by atoms with E-state index in [1.165, 1.54) is 13.8 Å². The van der Waals surface area contributed by atoms with E-state index in [9.17, 15) is 18.0 Å². The first-order valence-corrected chi connectivity index (χ1v) is 8.04.